The van der Waals surface area contributed by atoms with Crippen molar-refractivity contribution in [3.8, 4) is 5.75 Å². The highest BCUT2D eigenvalue weighted by Crippen LogP contribution is 2.12. The van der Waals surface area contributed by atoms with Crippen LogP contribution in [0.2, 0.25) is 5.15 Å². The van der Waals surface area contributed by atoms with Gasteiger partial charge in [0.1, 0.15) is 10.9 Å². The summed E-state index contributed by atoms with van der Waals surface area (Å²) in [6.45, 7) is 0.606. The van der Waals surface area contributed by atoms with E-state index in [0.29, 0.717) is 11.8 Å². The third-order valence-corrected chi connectivity index (χ3v) is 2.34. The first-order valence-corrected chi connectivity index (χ1v) is 5.34. The van der Waals surface area contributed by atoms with E-state index < -0.39 is 0 Å². The Balaban J connectivity index is 1.82. The molecule has 0 spiro atoms. The third kappa shape index (κ3) is 2.97. The lowest BCUT2D eigenvalue weighted by Gasteiger charge is -2.03. The van der Waals surface area contributed by atoms with E-state index in [0.717, 1.165) is 17.7 Å². The van der Waals surface area contributed by atoms with Gasteiger partial charge in [0.05, 0.1) is 19.0 Å². The van der Waals surface area contributed by atoms with Crippen LogP contribution in [-0.4, -0.2) is 21.4 Å². The molecule has 0 amide bonds. The Labute approximate surface area is 98.8 Å². The van der Waals surface area contributed by atoms with Crippen molar-refractivity contribution in [2.24, 2.45) is 7.05 Å². The van der Waals surface area contributed by atoms with Crippen LogP contribution in [0.3, 0.4) is 0 Å². The quantitative estimate of drug-likeness (QED) is 0.765. The normalized spacial score (nSPS) is 10.4. The molecule has 0 aromatic carbocycles. The smallest absolute Gasteiger partial charge is 0.137 e. The van der Waals surface area contributed by atoms with Gasteiger partial charge in [-0.3, -0.25) is 4.68 Å². The fraction of sp³-hybridized carbons (Fsp3) is 0.273. The predicted molar refractivity (Wildman–Crippen MR) is 61.7 cm³/mol. The molecule has 4 nitrogen and oxygen atoms in total. The van der Waals surface area contributed by atoms with Crippen molar-refractivity contribution in [3.63, 3.8) is 0 Å². The van der Waals surface area contributed by atoms with Gasteiger partial charge in [-0.25, -0.2) is 4.98 Å². The van der Waals surface area contributed by atoms with Gasteiger partial charge in [0.25, 0.3) is 0 Å². The van der Waals surface area contributed by atoms with E-state index in [2.05, 4.69) is 10.1 Å². The molecule has 0 aliphatic carbocycles. The molecule has 2 heterocycles. The van der Waals surface area contributed by atoms with Gasteiger partial charge in [0, 0.05) is 19.7 Å². The number of hydrogen-bond donors (Lipinski definition) is 0. The highest BCUT2D eigenvalue weighted by molar-refractivity contribution is 6.29. The average Bonchev–Trinajstić information content (AvgIpc) is 2.67. The molecule has 2 aromatic heterocycles. The maximum absolute atomic E-state index is 5.67. The van der Waals surface area contributed by atoms with E-state index in [4.69, 9.17) is 16.3 Å². The Hall–Kier alpha value is -1.55. The second kappa shape index (κ2) is 4.99. The molecule has 16 heavy (non-hydrogen) atoms. The van der Waals surface area contributed by atoms with E-state index in [1.807, 2.05) is 19.4 Å². The number of ether oxygens (including phenoxy) is 1. The average molecular weight is 238 g/mol. The van der Waals surface area contributed by atoms with Crippen molar-refractivity contribution < 1.29 is 4.74 Å². The molecular formula is C11H12ClN3O. The first kappa shape index (κ1) is 11.0. The van der Waals surface area contributed by atoms with Crippen molar-refractivity contribution in [2.75, 3.05) is 6.61 Å². The zero-order valence-electron chi connectivity index (χ0n) is 8.93. The molecule has 2 aromatic rings. The minimum atomic E-state index is 0.472. The van der Waals surface area contributed by atoms with E-state index in [-0.39, 0.29) is 0 Å². The highest BCUT2D eigenvalue weighted by Gasteiger charge is 1.98. The molecule has 0 aliphatic rings. The third-order valence-electron chi connectivity index (χ3n) is 2.12. The summed E-state index contributed by atoms with van der Waals surface area (Å²) in [4.78, 5) is 3.93. The van der Waals surface area contributed by atoms with Gasteiger partial charge < -0.3 is 4.74 Å². The Morgan fingerprint density at radius 1 is 1.38 bits per heavy atom. The lowest BCUT2D eigenvalue weighted by Crippen LogP contribution is -2.00. The van der Waals surface area contributed by atoms with E-state index >= 15 is 0 Å². The molecule has 0 radical (unpaired) electrons. The van der Waals surface area contributed by atoms with Crippen LogP contribution < -0.4 is 4.74 Å². The largest absolute Gasteiger partial charge is 0.492 e. The van der Waals surface area contributed by atoms with Crippen LogP contribution in [0.1, 0.15) is 5.56 Å². The van der Waals surface area contributed by atoms with Gasteiger partial charge in [0.15, 0.2) is 0 Å². The molecule has 0 atom stereocenters. The summed E-state index contributed by atoms with van der Waals surface area (Å²) < 4.78 is 7.29. The second-order valence-corrected chi connectivity index (χ2v) is 3.82. The minimum Gasteiger partial charge on any atom is -0.492 e. The van der Waals surface area contributed by atoms with E-state index in [1.54, 1.807) is 23.0 Å². The van der Waals surface area contributed by atoms with Crippen LogP contribution in [0.15, 0.2) is 30.7 Å². The maximum atomic E-state index is 5.67. The van der Waals surface area contributed by atoms with Crippen molar-refractivity contribution in [3.05, 3.63) is 41.4 Å². The minimum absolute atomic E-state index is 0.472. The standard InChI is InChI=1S/C11H12ClN3O/c1-15-8-9(6-14-15)4-5-16-10-2-3-11(12)13-7-10/h2-3,6-8H,4-5H2,1H3. The summed E-state index contributed by atoms with van der Waals surface area (Å²) in [6.07, 6.45) is 6.26. The summed E-state index contributed by atoms with van der Waals surface area (Å²) in [7, 11) is 1.90. The SMILES string of the molecule is Cn1cc(CCOc2ccc(Cl)nc2)cn1. The molecule has 0 N–H and O–H groups in total. The molecule has 2 rings (SSSR count). The number of aryl methyl sites for hydroxylation is 1. The van der Waals surface area contributed by atoms with Crippen LogP contribution in [-0.2, 0) is 13.5 Å². The van der Waals surface area contributed by atoms with Crippen molar-refractivity contribution >= 4 is 11.6 Å². The van der Waals surface area contributed by atoms with Gasteiger partial charge in [-0.1, -0.05) is 11.6 Å². The van der Waals surface area contributed by atoms with Gasteiger partial charge in [-0.2, -0.15) is 5.10 Å². The first-order chi connectivity index (χ1) is 7.74. The number of halogens is 1. The maximum Gasteiger partial charge on any atom is 0.137 e. The summed E-state index contributed by atoms with van der Waals surface area (Å²) in [5.74, 6) is 0.730. The van der Waals surface area contributed by atoms with E-state index in [9.17, 15) is 0 Å². The number of pyridine rings is 1. The Kier molecular flexibility index (Phi) is 3.41. The molecule has 0 fully saturated rings. The molecule has 0 unspecified atom stereocenters. The summed E-state index contributed by atoms with van der Waals surface area (Å²) in [6, 6.07) is 3.51. The zero-order chi connectivity index (χ0) is 11.4. The zero-order valence-corrected chi connectivity index (χ0v) is 9.68. The Bertz CT molecular complexity index is 453. The van der Waals surface area contributed by atoms with Crippen molar-refractivity contribution in [1.82, 2.24) is 14.8 Å². The lowest BCUT2D eigenvalue weighted by molar-refractivity contribution is 0.320. The van der Waals surface area contributed by atoms with Crippen molar-refractivity contribution in [2.45, 2.75) is 6.42 Å². The molecule has 0 saturated heterocycles. The fourth-order valence-electron chi connectivity index (χ4n) is 1.34. The van der Waals surface area contributed by atoms with Crippen LogP contribution in [0, 0.1) is 0 Å². The van der Waals surface area contributed by atoms with Crippen molar-refractivity contribution in [1.29, 1.82) is 0 Å². The highest BCUT2D eigenvalue weighted by atomic mass is 35.5. The number of nitrogens with zero attached hydrogens (tertiary/aromatic N) is 3. The van der Waals surface area contributed by atoms with Gasteiger partial charge in [-0.05, 0) is 17.7 Å². The predicted octanol–water partition coefficient (Wildman–Crippen LogP) is 2.09. The second-order valence-electron chi connectivity index (χ2n) is 3.44. The molecule has 0 aliphatic heterocycles. The monoisotopic (exact) mass is 237 g/mol. The Morgan fingerprint density at radius 3 is 2.88 bits per heavy atom. The molecule has 5 heteroatoms. The van der Waals surface area contributed by atoms with Gasteiger partial charge in [0.2, 0.25) is 0 Å². The molecular weight excluding hydrogens is 226 g/mol. The summed E-state index contributed by atoms with van der Waals surface area (Å²) in [5.41, 5.74) is 1.16. The topological polar surface area (TPSA) is 39.9 Å². The van der Waals surface area contributed by atoms with Gasteiger partial charge in [-0.15, -0.1) is 0 Å². The van der Waals surface area contributed by atoms with E-state index in [1.165, 1.54) is 0 Å². The first-order valence-electron chi connectivity index (χ1n) is 4.96. The molecule has 0 bridgehead atoms. The molecule has 84 valence electrons. The van der Waals surface area contributed by atoms with Gasteiger partial charge >= 0.3 is 0 Å². The molecule has 0 saturated carbocycles. The van der Waals surface area contributed by atoms with Crippen LogP contribution in [0.25, 0.3) is 0 Å². The number of rotatable bonds is 4. The number of aromatic nitrogens is 3. The van der Waals surface area contributed by atoms with Crippen LogP contribution >= 0.6 is 11.6 Å². The fourth-order valence-corrected chi connectivity index (χ4v) is 1.45. The Morgan fingerprint density at radius 2 is 2.25 bits per heavy atom. The van der Waals surface area contributed by atoms with Crippen LogP contribution in [0.5, 0.6) is 5.75 Å². The summed E-state index contributed by atoms with van der Waals surface area (Å²) in [5, 5.41) is 4.56. The number of hydrogen-bond acceptors (Lipinski definition) is 3. The van der Waals surface area contributed by atoms with Crippen LogP contribution in [0.4, 0.5) is 0 Å². The summed E-state index contributed by atoms with van der Waals surface area (Å²) >= 11 is 5.67. The lowest BCUT2D eigenvalue weighted by atomic mass is 10.3.